The van der Waals surface area contributed by atoms with Crippen LogP contribution in [0.25, 0.3) is 0 Å². The second kappa shape index (κ2) is 6.65. The lowest BCUT2D eigenvalue weighted by Gasteiger charge is -2.29. The summed E-state index contributed by atoms with van der Waals surface area (Å²) < 4.78 is 5.25. The maximum absolute atomic E-state index is 12.4. The number of ether oxygens (including phenoxy) is 1. The van der Waals surface area contributed by atoms with Gasteiger partial charge in [0.1, 0.15) is 12.3 Å². The number of aromatic nitrogens is 4. The number of H-pyrrole nitrogens is 1. The Morgan fingerprint density at radius 1 is 1.46 bits per heavy atom. The number of nitrogens with zero attached hydrogens (tertiary/aromatic N) is 5. The highest BCUT2D eigenvalue weighted by atomic mass is 16.6. The van der Waals surface area contributed by atoms with Crippen molar-refractivity contribution in [2.45, 2.75) is 19.4 Å². The van der Waals surface area contributed by atoms with Gasteiger partial charge in [0.15, 0.2) is 5.82 Å². The van der Waals surface area contributed by atoms with Crippen LogP contribution in [0, 0.1) is 0 Å². The highest BCUT2D eigenvalue weighted by Gasteiger charge is 2.27. The summed E-state index contributed by atoms with van der Waals surface area (Å²) in [5, 5.41) is 13.7. The minimum Gasteiger partial charge on any atom is -0.410 e. The molecule has 1 aromatic heterocycles. The number of amides is 2. The molecule has 0 saturated heterocycles. The van der Waals surface area contributed by atoms with Crippen molar-refractivity contribution in [1.29, 1.82) is 0 Å². The first-order chi connectivity index (χ1) is 11.5. The fourth-order valence-electron chi connectivity index (χ4n) is 2.54. The number of rotatable bonds is 5. The van der Waals surface area contributed by atoms with Gasteiger partial charge >= 0.3 is 6.09 Å². The van der Waals surface area contributed by atoms with Crippen LogP contribution in [0.4, 0.5) is 4.79 Å². The van der Waals surface area contributed by atoms with E-state index in [9.17, 15) is 9.59 Å². The van der Waals surface area contributed by atoms with E-state index in [-0.39, 0.29) is 18.4 Å². The van der Waals surface area contributed by atoms with Gasteiger partial charge in [-0.1, -0.05) is 30.3 Å². The SMILES string of the molecule is CC(CN(C)C(=O)CN1Cc2ccccc2OC1=O)c1nn[nH]n1. The molecule has 1 N–H and O–H groups in total. The molecular weight excluding hydrogens is 312 g/mol. The van der Waals surface area contributed by atoms with Gasteiger partial charge in [-0.2, -0.15) is 5.21 Å². The number of hydrogen-bond donors (Lipinski definition) is 1. The van der Waals surface area contributed by atoms with Crippen molar-refractivity contribution in [2.24, 2.45) is 0 Å². The molecule has 3 rings (SSSR count). The van der Waals surface area contributed by atoms with Gasteiger partial charge in [-0.05, 0) is 6.07 Å². The van der Waals surface area contributed by atoms with E-state index in [0.717, 1.165) is 5.56 Å². The molecule has 2 aromatic rings. The number of tetrazole rings is 1. The number of nitrogens with one attached hydrogen (secondary N) is 1. The summed E-state index contributed by atoms with van der Waals surface area (Å²) in [5.74, 6) is 0.847. The number of fused-ring (bicyclic) bond motifs is 1. The minimum atomic E-state index is -0.512. The van der Waals surface area contributed by atoms with Crippen LogP contribution in [0.1, 0.15) is 24.2 Å². The summed E-state index contributed by atoms with van der Waals surface area (Å²) in [5.41, 5.74) is 0.882. The lowest BCUT2D eigenvalue weighted by atomic mass is 10.1. The van der Waals surface area contributed by atoms with E-state index < -0.39 is 6.09 Å². The zero-order chi connectivity index (χ0) is 17.1. The summed E-state index contributed by atoms with van der Waals surface area (Å²) in [6, 6.07) is 7.29. The highest BCUT2D eigenvalue weighted by Crippen LogP contribution is 2.25. The van der Waals surface area contributed by atoms with Crippen LogP contribution in [-0.4, -0.2) is 62.6 Å². The molecule has 0 radical (unpaired) electrons. The number of para-hydroxylation sites is 1. The topological polar surface area (TPSA) is 104 Å². The molecule has 2 amide bonds. The Hall–Kier alpha value is -2.97. The molecule has 1 unspecified atom stereocenters. The monoisotopic (exact) mass is 330 g/mol. The number of carbonyl (C=O) groups excluding carboxylic acids is 2. The Morgan fingerprint density at radius 3 is 3.00 bits per heavy atom. The van der Waals surface area contributed by atoms with Crippen LogP contribution in [0.15, 0.2) is 24.3 Å². The quantitative estimate of drug-likeness (QED) is 0.868. The zero-order valence-electron chi connectivity index (χ0n) is 13.5. The molecule has 126 valence electrons. The van der Waals surface area contributed by atoms with Gasteiger partial charge in [0.2, 0.25) is 5.91 Å². The smallest absolute Gasteiger partial charge is 0.410 e. The summed E-state index contributed by atoms with van der Waals surface area (Å²) in [6.45, 7) is 2.65. The Morgan fingerprint density at radius 2 is 2.25 bits per heavy atom. The van der Waals surface area contributed by atoms with Crippen LogP contribution in [0.5, 0.6) is 5.75 Å². The van der Waals surface area contributed by atoms with Crippen molar-refractivity contribution in [3.05, 3.63) is 35.7 Å². The molecule has 0 saturated carbocycles. The third kappa shape index (κ3) is 3.34. The standard InChI is InChI=1S/C15H18N6O3/c1-10(14-16-18-19-17-14)7-20(2)13(22)9-21-8-11-5-3-4-6-12(11)24-15(21)23/h3-6,10H,7-9H2,1-2H3,(H,16,17,18,19). The Kier molecular flexibility index (Phi) is 4.41. The van der Waals surface area contributed by atoms with E-state index in [1.807, 2.05) is 19.1 Å². The number of aromatic amines is 1. The highest BCUT2D eigenvalue weighted by molar-refractivity contribution is 5.83. The lowest BCUT2D eigenvalue weighted by molar-refractivity contribution is -0.131. The molecule has 1 aliphatic rings. The first-order valence-electron chi connectivity index (χ1n) is 7.56. The molecule has 0 aliphatic carbocycles. The van der Waals surface area contributed by atoms with Crippen molar-refractivity contribution in [3.63, 3.8) is 0 Å². The normalized spacial score (nSPS) is 14.8. The van der Waals surface area contributed by atoms with Gasteiger partial charge in [-0.3, -0.25) is 9.69 Å². The van der Waals surface area contributed by atoms with E-state index >= 15 is 0 Å². The summed E-state index contributed by atoms with van der Waals surface area (Å²) in [4.78, 5) is 27.4. The second-order valence-electron chi connectivity index (χ2n) is 5.78. The van der Waals surface area contributed by atoms with Crippen LogP contribution in [0.2, 0.25) is 0 Å². The first-order valence-corrected chi connectivity index (χ1v) is 7.56. The van der Waals surface area contributed by atoms with E-state index in [2.05, 4.69) is 20.6 Å². The molecule has 0 bridgehead atoms. The molecule has 0 spiro atoms. The van der Waals surface area contributed by atoms with Gasteiger partial charge in [-0.25, -0.2) is 4.79 Å². The lowest BCUT2D eigenvalue weighted by Crippen LogP contribution is -2.44. The summed E-state index contributed by atoms with van der Waals surface area (Å²) >= 11 is 0. The van der Waals surface area contributed by atoms with Crippen molar-refractivity contribution in [3.8, 4) is 5.75 Å². The number of likely N-dealkylation sites (N-methyl/N-ethyl adjacent to an activating group) is 1. The predicted octanol–water partition coefficient (Wildman–Crippen LogP) is 0.776. The van der Waals surface area contributed by atoms with Crippen LogP contribution >= 0.6 is 0 Å². The van der Waals surface area contributed by atoms with E-state index in [4.69, 9.17) is 4.74 Å². The molecule has 1 aromatic carbocycles. The van der Waals surface area contributed by atoms with Gasteiger partial charge in [0, 0.05) is 25.1 Å². The van der Waals surface area contributed by atoms with E-state index in [1.54, 1.807) is 24.1 Å². The predicted molar refractivity (Wildman–Crippen MR) is 83.1 cm³/mol. The molecule has 1 atom stereocenters. The first kappa shape index (κ1) is 15.9. The Bertz CT molecular complexity index is 733. The maximum Gasteiger partial charge on any atom is 0.416 e. The fourth-order valence-corrected chi connectivity index (χ4v) is 2.54. The molecule has 24 heavy (non-hydrogen) atoms. The third-order valence-electron chi connectivity index (χ3n) is 3.89. The average Bonchev–Trinajstić information content (AvgIpc) is 3.10. The maximum atomic E-state index is 12.4. The van der Waals surface area contributed by atoms with Gasteiger partial charge < -0.3 is 9.64 Å². The zero-order valence-corrected chi connectivity index (χ0v) is 13.5. The van der Waals surface area contributed by atoms with E-state index in [1.165, 1.54) is 4.90 Å². The number of carbonyl (C=O) groups is 2. The van der Waals surface area contributed by atoms with Crippen LogP contribution in [-0.2, 0) is 11.3 Å². The van der Waals surface area contributed by atoms with Crippen molar-refractivity contribution < 1.29 is 14.3 Å². The number of hydrogen-bond acceptors (Lipinski definition) is 6. The molecular formula is C15H18N6O3. The number of benzene rings is 1. The summed E-state index contributed by atoms with van der Waals surface area (Å²) in [6.07, 6.45) is -0.512. The molecule has 9 nitrogen and oxygen atoms in total. The van der Waals surface area contributed by atoms with Gasteiger partial charge in [0.25, 0.3) is 0 Å². The van der Waals surface area contributed by atoms with Crippen molar-refractivity contribution in [2.75, 3.05) is 20.1 Å². The van der Waals surface area contributed by atoms with Gasteiger partial charge in [0.05, 0.1) is 6.54 Å². The van der Waals surface area contributed by atoms with Crippen LogP contribution in [0.3, 0.4) is 0 Å². The van der Waals surface area contributed by atoms with E-state index in [0.29, 0.717) is 24.7 Å². The fraction of sp³-hybridized carbons (Fsp3) is 0.400. The molecule has 1 aliphatic heterocycles. The minimum absolute atomic E-state index is 0.0391. The van der Waals surface area contributed by atoms with Crippen molar-refractivity contribution in [1.82, 2.24) is 30.4 Å². The van der Waals surface area contributed by atoms with Crippen LogP contribution < -0.4 is 4.74 Å². The Labute approximate surface area is 138 Å². The molecule has 2 heterocycles. The second-order valence-corrected chi connectivity index (χ2v) is 5.78. The average molecular weight is 330 g/mol. The largest absolute Gasteiger partial charge is 0.416 e. The van der Waals surface area contributed by atoms with Crippen molar-refractivity contribution >= 4 is 12.0 Å². The third-order valence-corrected chi connectivity index (χ3v) is 3.89. The summed E-state index contributed by atoms with van der Waals surface area (Å²) in [7, 11) is 1.68. The Balaban J connectivity index is 1.59. The molecule has 9 heteroatoms. The van der Waals surface area contributed by atoms with Gasteiger partial charge in [-0.15, -0.1) is 10.2 Å². The molecule has 0 fully saturated rings.